The molecule has 1 N–H and O–H groups in total. The molecule has 4 nitrogen and oxygen atoms in total. The fourth-order valence-corrected chi connectivity index (χ4v) is 0.117. The van der Waals surface area contributed by atoms with Crippen LogP contribution in [0.3, 0.4) is 0 Å². The van der Waals surface area contributed by atoms with Crippen LogP contribution < -0.4 is 0 Å². The number of hydrogen-bond acceptors (Lipinski definition) is 3. The monoisotopic (exact) mass is 192 g/mol. The van der Waals surface area contributed by atoms with Gasteiger partial charge >= 0.3 is 11.9 Å². The molecule has 5 heteroatoms. The molecule has 0 aromatic heterocycles. The van der Waals surface area contributed by atoms with Gasteiger partial charge in [-0.15, -0.1) is 0 Å². The van der Waals surface area contributed by atoms with Crippen LogP contribution in [-0.2, 0) is 14.3 Å². The van der Waals surface area contributed by atoms with Gasteiger partial charge in [-0.05, 0) is 0 Å². The Hall–Kier alpha value is -1.29. The van der Waals surface area contributed by atoms with Gasteiger partial charge in [-0.1, -0.05) is 24.8 Å². The smallest absolute Gasteiger partial charge is 0.346 e. The highest BCUT2D eigenvalue weighted by Crippen LogP contribution is 1.92. The summed E-state index contributed by atoms with van der Waals surface area (Å²) in [5.74, 6) is -1.50. The molecule has 0 spiro atoms. The van der Waals surface area contributed by atoms with Crippen LogP contribution in [0.25, 0.3) is 0 Å². The lowest BCUT2D eigenvalue weighted by atomic mass is 10.7. The Morgan fingerprint density at radius 3 is 1.92 bits per heavy atom. The zero-order valence-electron chi connectivity index (χ0n) is 6.54. The molecule has 0 aliphatic heterocycles. The van der Waals surface area contributed by atoms with Gasteiger partial charge in [0, 0.05) is 6.92 Å². The number of carbonyl (C=O) groups excluding carboxylic acids is 1. The summed E-state index contributed by atoms with van der Waals surface area (Å²) in [6.45, 7) is 7.40. The first-order chi connectivity index (χ1) is 5.41. The van der Waals surface area contributed by atoms with Crippen LogP contribution in [0.4, 0.5) is 0 Å². The fourth-order valence-electron chi connectivity index (χ4n) is 0.117. The molecular weight excluding hydrogens is 184 g/mol. The van der Waals surface area contributed by atoms with E-state index in [2.05, 4.69) is 17.9 Å². The minimum absolute atomic E-state index is 0.329. The molecule has 0 aliphatic carbocycles. The highest BCUT2D eigenvalue weighted by molar-refractivity contribution is 6.40. The molecule has 0 heterocycles. The Morgan fingerprint density at radius 2 is 1.92 bits per heavy atom. The van der Waals surface area contributed by atoms with Crippen LogP contribution in [0.15, 0.2) is 24.5 Å². The van der Waals surface area contributed by atoms with E-state index in [9.17, 15) is 9.59 Å². The van der Waals surface area contributed by atoms with Crippen molar-refractivity contribution in [3.05, 3.63) is 24.5 Å². The Balaban J connectivity index is 0. The number of halogens is 1. The van der Waals surface area contributed by atoms with Crippen molar-refractivity contribution in [3.8, 4) is 0 Å². The first-order valence-electron chi connectivity index (χ1n) is 2.77. The van der Waals surface area contributed by atoms with Crippen molar-refractivity contribution >= 4 is 23.5 Å². The van der Waals surface area contributed by atoms with Gasteiger partial charge in [-0.25, -0.2) is 4.79 Å². The third-order valence-corrected chi connectivity index (χ3v) is 0.643. The maximum Gasteiger partial charge on any atom is 0.346 e. The van der Waals surface area contributed by atoms with Gasteiger partial charge in [0.25, 0.3) is 0 Å². The third kappa shape index (κ3) is 15.9. The van der Waals surface area contributed by atoms with E-state index in [1.165, 1.54) is 6.92 Å². The van der Waals surface area contributed by atoms with Crippen molar-refractivity contribution in [3.63, 3.8) is 0 Å². The number of ether oxygens (including phenoxy) is 1. The molecule has 12 heavy (non-hydrogen) atoms. The van der Waals surface area contributed by atoms with Crippen molar-refractivity contribution in [2.24, 2.45) is 0 Å². The lowest BCUT2D eigenvalue weighted by Crippen LogP contribution is -1.89. The number of rotatable bonds is 2. The Morgan fingerprint density at radius 1 is 1.58 bits per heavy atom. The second kappa shape index (κ2) is 7.81. The summed E-state index contributed by atoms with van der Waals surface area (Å²) < 4.78 is 4.17. The van der Waals surface area contributed by atoms with Gasteiger partial charge in [-0.2, -0.15) is 0 Å². The topological polar surface area (TPSA) is 63.6 Å². The molecule has 0 aliphatic rings. The summed E-state index contributed by atoms with van der Waals surface area (Å²) in [5.41, 5.74) is 0. The van der Waals surface area contributed by atoms with Crippen LogP contribution >= 0.6 is 11.6 Å². The minimum atomic E-state index is -1.17. The van der Waals surface area contributed by atoms with Gasteiger partial charge in [0.05, 0.1) is 6.26 Å². The number of aliphatic carboxylic acids is 1. The SMILES string of the molecule is C=C(Cl)C(=O)O.C=COC(C)=O. The number of carbonyl (C=O) groups is 2. The van der Waals surface area contributed by atoms with Crippen LogP contribution in [0.5, 0.6) is 0 Å². The molecule has 0 aromatic carbocycles. The quantitative estimate of drug-likeness (QED) is 0.409. The lowest BCUT2D eigenvalue weighted by molar-refractivity contribution is -0.135. The number of carboxylic acids is 1. The highest BCUT2D eigenvalue weighted by Gasteiger charge is 1.93. The highest BCUT2D eigenvalue weighted by atomic mass is 35.5. The predicted octanol–water partition coefficient (Wildman–Crippen LogP) is 1.52. The molecule has 0 bridgehead atoms. The first-order valence-corrected chi connectivity index (χ1v) is 3.15. The predicted molar refractivity (Wildman–Crippen MR) is 44.6 cm³/mol. The van der Waals surface area contributed by atoms with Crippen LogP contribution in [0.2, 0.25) is 0 Å². The van der Waals surface area contributed by atoms with E-state index in [0.717, 1.165) is 6.26 Å². The van der Waals surface area contributed by atoms with Crippen LogP contribution in [0.1, 0.15) is 6.92 Å². The summed E-state index contributed by atoms with van der Waals surface area (Å²) in [7, 11) is 0. The number of hydrogen-bond donors (Lipinski definition) is 1. The largest absolute Gasteiger partial charge is 0.477 e. The molecule has 0 unspecified atom stereocenters. The fraction of sp³-hybridized carbons (Fsp3) is 0.143. The second-order valence-electron chi connectivity index (χ2n) is 1.49. The van der Waals surface area contributed by atoms with Crippen molar-refractivity contribution in [2.45, 2.75) is 6.92 Å². The summed E-state index contributed by atoms with van der Waals surface area (Å²) >= 11 is 4.82. The summed E-state index contributed by atoms with van der Waals surface area (Å²) in [5, 5.41) is 7.41. The molecule has 0 rings (SSSR count). The van der Waals surface area contributed by atoms with E-state index in [1.807, 2.05) is 0 Å². The van der Waals surface area contributed by atoms with Gasteiger partial charge in [0.1, 0.15) is 5.03 Å². The normalized spacial score (nSPS) is 7.17. The molecule has 68 valence electrons. The van der Waals surface area contributed by atoms with Crippen molar-refractivity contribution in [1.29, 1.82) is 0 Å². The van der Waals surface area contributed by atoms with Crippen molar-refractivity contribution < 1.29 is 19.4 Å². The summed E-state index contributed by atoms with van der Waals surface area (Å²) in [6.07, 6.45) is 1.10. The Bertz CT molecular complexity index is 186. The molecule has 0 aromatic rings. The zero-order valence-corrected chi connectivity index (χ0v) is 7.30. The van der Waals surface area contributed by atoms with Crippen LogP contribution in [-0.4, -0.2) is 17.0 Å². The second-order valence-corrected chi connectivity index (χ2v) is 1.94. The minimum Gasteiger partial charge on any atom is -0.477 e. The van der Waals surface area contributed by atoms with E-state index >= 15 is 0 Å². The van der Waals surface area contributed by atoms with Gasteiger partial charge in [0.15, 0.2) is 0 Å². The van der Waals surface area contributed by atoms with Gasteiger partial charge in [-0.3, -0.25) is 4.79 Å². The lowest BCUT2D eigenvalue weighted by Gasteiger charge is -1.83. The number of carboxylic acid groups (broad SMARTS) is 1. The molecule has 0 fully saturated rings. The van der Waals surface area contributed by atoms with Gasteiger partial charge in [0.2, 0.25) is 0 Å². The molecular formula is C7H9ClO4. The zero-order chi connectivity index (χ0) is 10.1. The standard InChI is InChI=1S/C4H6O2.C3H3ClO2/c1-3-6-4(2)5;1-2(4)3(5)6/h3H,1H2,2H3;1H2,(H,5,6). The maximum absolute atomic E-state index is 9.75. The summed E-state index contributed by atoms with van der Waals surface area (Å²) in [4.78, 5) is 19.2. The van der Waals surface area contributed by atoms with E-state index in [4.69, 9.17) is 16.7 Å². The Kier molecular flexibility index (Phi) is 8.67. The average Bonchev–Trinajstić information content (AvgIpc) is 1.87. The molecule has 0 saturated carbocycles. The maximum atomic E-state index is 9.75. The summed E-state index contributed by atoms with van der Waals surface area (Å²) in [6, 6.07) is 0. The van der Waals surface area contributed by atoms with Crippen molar-refractivity contribution in [2.75, 3.05) is 0 Å². The van der Waals surface area contributed by atoms with Gasteiger partial charge < -0.3 is 9.84 Å². The van der Waals surface area contributed by atoms with E-state index < -0.39 is 5.97 Å². The van der Waals surface area contributed by atoms with Crippen LogP contribution in [0, 0.1) is 0 Å². The molecule has 0 saturated heterocycles. The molecule has 0 radical (unpaired) electrons. The molecule has 0 atom stereocenters. The number of esters is 1. The van der Waals surface area contributed by atoms with E-state index in [-0.39, 0.29) is 11.0 Å². The average molecular weight is 193 g/mol. The third-order valence-electron chi connectivity index (χ3n) is 0.481. The van der Waals surface area contributed by atoms with E-state index in [1.54, 1.807) is 0 Å². The van der Waals surface area contributed by atoms with E-state index in [0.29, 0.717) is 0 Å². The Labute approximate surface area is 75.1 Å². The molecule has 0 amide bonds. The van der Waals surface area contributed by atoms with Crippen molar-refractivity contribution in [1.82, 2.24) is 0 Å². The first kappa shape index (κ1) is 13.3.